The number of rotatable bonds is 6. The van der Waals surface area contributed by atoms with E-state index >= 15 is 0 Å². The first-order chi connectivity index (χ1) is 9.69. The first kappa shape index (κ1) is 14.1. The van der Waals surface area contributed by atoms with Crippen LogP contribution in [0.1, 0.15) is 21.9 Å². The third-order valence-corrected chi connectivity index (χ3v) is 2.65. The van der Waals surface area contributed by atoms with Gasteiger partial charge in [0.2, 0.25) is 0 Å². The van der Waals surface area contributed by atoms with Crippen molar-refractivity contribution >= 4 is 5.91 Å². The minimum Gasteiger partial charge on any atom is -0.486 e. The second-order valence-electron chi connectivity index (χ2n) is 4.35. The summed E-state index contributed by atoms with van der Waals surface area (Å²) in [5.41, 5.74) is 1.12. The Morgan fingerprint density at radius 2 is 2.20 bits per heavy atom. The quantitative estimate of drug-likeness (QED) is 0.844. The summed E-state index contributed by atoms with van der Waals surface area (Å²) in [7, 11) is 0. The number of benzene rings is 1. The molecular weight excluding hydrogens is 258 g/mol. The second-order valence-corrected chi connectivity index (χ2v) is 4.35. The topological polar surface area (TPSA) is 71.7 Å². The molecule has 0 aliphatic heterocycles. The Bertz CT molecular complexity index is 577. The van der Waals surface area contributed by atoms with Crippen LogP contribution in [0, 0.1) is 6.92 Å². The van der Waals surface area contributed by atoms with Crippen molar-refractivity contribution in [1.82, 2.24) is 5.32 Å². The average molecular weight is 275 g/mol. The molecule has 106 valence electrons. The van der Waals surface area contributed by atoms with Gasteiger partial charge in [-0.2, -0.15) is 0 Å². The fraction of sp³-hybridized carbons (Fsp3) is 0.267. The monoisotopic (exact) mass is 275 g/mol. The van der Waals surface area contributed by atoms with Crippen molar-refractivity contribution in [2.24, 2.45) is 0 Å². The minimum atomic E-state index is -0.346. The predicted molar refractivity (Wildman–Crippen MR) is 73.6 cm³/mol. The third-order valence-electron chi connectivity index (χ3n) is 2.65. The fourth-order valence-corrected chi connectivity index (χ4v) is 1.69. The second kappa shape index (κ2) is 6.77. The molecule has 0 fully saturated rings. The highest BCUT2D eigenvalue weighted by molar-refractivity contribution is 5.91. The molecule has 0 aliphatic carbocycles. The number of nitrogens with one attached hydrogen (secondary N) is 1. The van der Waals surface area contributed by atoms with Crippen LogP contribution in [-0.4, -0.2) is 24.2 Å². The molecule has 0 saturated carbocycles. The van der Waals surface area contributed by atoms with Crippen LogP contribution in [0.25, 0.3) is 0 Å². The van der Waals surface area contributed by atoms with Crippen molar-refractivity contribution in [1.29, 1.82) is 0 Å². The van der Waals surface area contributed by atoms with Gasteiger partial charge in [-0.25, -0.2) is 0 Å². The minimum absolute atomic E-state index is 0.101. The Morgan fingerprint density at radius 1 is 1.35 bits per heavy atom. The lowest BCUT2D eigenvalue weighted by atomic mass is 10.2. The maximum absolute atomic E-state index is 11.6. The molecule has 1 heterocycles. The van der Waals surface area contributed by atoms with E-state index in [1.54, 1.807) is 12.1 Å². The van der Waals surface area contributed by atoms with Crippen LogP contribution in [0.2, 0.25) is 0 Å². The Kier molecular flexibility index (Phi) is 4.79. The molecule has 5 heteroatoms. The van der Waals surface area contributed by atoms with Crippen LogP contribution in [0.5, 0.6) is 5.75 Å². The molecule has 1 aromatic carbocycles. The number of furan rings is 1. The van der Waals surface area contributed by atoms with Gasteiger partial charge in [0.15, 0.2) is 5.76 Å². The molecule has 0 spiro atoms. The van der Waals surface area contributed by atoms with Gasteiger partial charge in [0.1, 0.15) is 18.1 Å². The van der Waals surface area contributed by atoms with E-state index in [0.717, 1.165) is 11.3 Å². The van der Waals surface area contributed by atoms with Crippen molar-refractivity contribution in [2.75, 3.05) is 13.2 Å². The normalized spacial score (nSPS) is 10.3. The highest BCUT2D eigenvalue weighted by atomic mass is 16.5. The zero-order valence-electron chi connectivity index (χ0n) is 11.3. The van der Waals surface area contributed by atoms with E-state index < -0.39 is 0 Å². The summed E-state index contributed by atoms with van der Waals surface area (Å²) in [6.07, 6.45) is 0. The molecule has 0 atom stereocenters. The number of ether oxygens (including phenoxy) is 1. The Balaban J connectivity index is 1.91. The summed E-state index contributed by atoms with van der Waals surface area (Å²) in [4.78, 5) is 11.6. The smallest absolute Gasteiger partial charge is 0.287 e. The molecule has 2 rings (SSSR count). The Hall–Kier alpha value is -2.27. The number of carbonyl (C=O) groups excluding carboxylic acids is 1. The van der Waals surface area contributed by atoms with Crippen LogP contribution in [-0.2, 0) is 6.61 Å². The molecule has 0 aliphatic rings. The van der Waals surface area contributed by atoms with Gasteiger partial charge in [-0.15, -0.1) is 0 Å². The average Bonchev–Trinajstić information content (AvgIpc) is 2.91. The molecule has 2 N–H and O–H groups in total. The van der Waals surface area contributed by atoms with Gasteiger partial charge in [0, 0.05) is 6.54 Å². The van der Waals surface area contributed by atoms with Crippen molar-refractivity contribution in [3.63, 3.8) is 0 Å². The van der Waals surface area contributed by atoms with E-state index in [0.29, 0.717) is 5.76 Å². The Morgan fingerprint density at radius 3 is 2.95 bits per heavy atom. The number of aliphatic hydroxyl groups excluding tert-OH is 1. The summed E-state index contributed by atoms with van der Waals surface area (Å²) in [5.74, 6) is 1.19. The van der Waals surface area contributed by atoms with Crippen LogP contribution in [0.4, 0.5) is 0 Å². The van der Waals surface area contributed by atoms with Gasteiger partial charge in [-0.1, -0.05) is 12.1 Å². The van der Waals surface area contributed by atoms with Crippen LogP contribution in [0.3, 0.4) is 0 Å². The summed E-state index contributed by atoms with van der Waals surface area (Å²) >= 11 is 0. The SMILES string of the molecule is Cc1cccc(OCc2ccc(C(=O)NCCO)o2)c1. The highest BCUT2D eigenvalue weighted by Crippen LogP contribution is 2.15. The van der Waals surface area contributed by atoms with Gasteiger partial charge >= 0.3 is 0 Å². The lowest BCUT2D eigenvalue weighted by Crippen LogP contribution is -2.25. The molecule has 20 heavy (non-hydrogen) atoms. The Labute approximate surface area is 117 Å². The lowest BCUT2D eigenvalue weighted by molar-refractivity contribution is 0.0913. The van der Waals surface area contributed by atoms with Crippen molar-refractivity contribution < 1.29 is 19.1 Å². The number of aryl methyl sites for hydroxylation is 1. The molecular formula is C15H17NO4. The molecule has 2 aromatic rings. The van der Waals surface area contributed by atoms with Gasteiger partial charge in [0.05, 0.1) is 6.61 Å². The zero-order chi connectivity index (χ0) is 14.4. The number of hydrogen-bond acceptors (Lipinski definition) is 4. The zero-order valence-corrected chi connectivity index (χ0v) is 11.3. The van der Waals surface area contributed by atoms with Gasteiger partial charge in [0.25, 0.3) is 5.91 Å². The maximum Gasteiger partial charge on any atom is 0.287 e. The van der Waals surface area contributed by atoms with Gasteiger partial charge < -0.3 is 19.6 Å². The molecule has 0 unspecified atom stereocenters. The predicted octanol–water partition coefficient (Wildman–Crippen LogP) is 1.89. The van der Waals surface area contributed by atoms with E-state index in [4.69, 9.17) is 14.3 Å². The molecule has 0 bridgehead atoms. The summed E-state index contributed by atoms with van der Waals surface area (Å²) in [6.45, 7) is 2.35. The maximum atomic E-state index is 11.6. The van der Waals surface area contributed by atoms with Gasteiger partial charge in [-0.3, -0.25) is 4.79 Å². The van der Waals surface area contributed by atoms with Crippen LogP contribution < -0.4 is 10.1 Å². The van der Waals surface area contributed by atoms with Crippen molar-refractivity contribution in [2.45, 2.75) is 13.5 Å². The first-order valence-electron chi connectivity index (χ1n) is 6.36. The largest absolute Gasteiger partial charge is 0.486 e. The molecule has 1 aromatic heterocycles. The van der Waals surface area contributed by atoms with Crippen molar-refractivity contribution in [3.05, 3.63) is 53.5 Å². The van der Waals surface area contributed by atoms with Crippen molar-refractivity contribution in [3.8, 4) is 5.75 Å². The van der Waals surface area contributed by atoms with E-state index in [1.807, 2.05) is 31.2 Å². The summed E-state index contributed by atoms with van der Waals surface area (Å²) < 4.78 is 11.0. The third kappa shape index (κ3) is 3.86. The first-order valence-corrected chi connectivity index (χ1v) is 6.36. The van der Waals surface area contributed by atoms with E-state index in [1.165, 1.54) is 0 Å². The van der Waals surface area contributed by atoms with E-state index in [2.05, 4.69) is 5.32 Å². The van der Waals surface area contributed by atoms with Crippen LogP contribution >= 0.6 is 0 Å². The van der Waals surface area contributed by atoms with Crippen LogP contribution in [0.15, 0.2) is 40.8 Å². The highest BCUT2D eigenvalue weighted by Gasteiger charge is 2.10. The van der Waals surface area contributed by atoms with E-state index in [9.17, 15) is 4.79 Å². The lowest BCUT2D eigenvalue weighted by Gasteiger charge is -2.04. The fourth-order valence-electron chi connectivity index (χ4n) is 1.69. The number of hydrogen-bond donors (Lipinski definition) is 2. The number of aliphatic hydroxyl groups is 1. The van der Waals surface area contributed by atoms with E-state index in [-0.39, 0.29) is 31.4 Å². The number of carbonyl (C=O) groups is 1. The summed E-state index contributed by atoms with van der Waals surface area (Å²) in [6, 6.07) is 11.0. The molecule has 1 amide bonds. The standard InChI is InChI=1S/C15H17NO4/c1-11-3-2-4-12(9-11)19-10-13-5-6-14(20-13)15(18)16-7-8-17/h2-6,9,17H,7-8,10H2,1H3,(H,16,18). The van der Waals surface area contributed by atoms with Gasteiger partial charge in [-0.05, 0) is 36.8 Å². The molecule has 5 nitrogen and oxygen atoms in total. The molecule has 0 radical (unpaired) electrons. The molecule has 0 saturated heterocycles. The summed E-state index contributed by atoms with van der Waals surface area (Å²) in [5, 5.41) is 11.2. The number of amides is 1.